The van der Waals surface area contributed by atoms with Gasteiger partial charge in [-0.1, -0.05) is 12.1 Å². The maximum absolute atomic E-state index is 9.71. The van der Waals surface area contributed by atoms with E-state index in [9.17, 15) is 5.11 Å². The lowest BCUT2D eigenvalue weighted by atomic mass is 9.74. The summed E-state index contributed by atoms with van der Waals surface area (Å²) in [6.45, 7) is 4.18. The predicted molar refractivity (Wildman–Crippen MR) is 61.9 cm³/mol. The summed E-state index contributed by atoms with van der Waals surface area (Å²) in [6.07, 6.45) is 3.02. The minimum absolute atomic E-state index is 0.122. The monoisotopic (exact) mass is 205 g/mol. The molecule has 82 valence electrons. The fraction of sp³-hybridized carbons (Fsp3) is 0.538. The van der Waals surface area contributed by atoms with Crippen molar-refractivity contribution in [2.45, 2.75) is 38.6 Å². The lowest BCUT2D eigenvalue weighted by Crippen LogP contribution is -2.43. The second kappa shape index (κ2) is 3.53. The molecule has 2 heteroatoms. The van der Waals surface area contributed by atoms with Crippen molar-refractivity contribution in [3.05, 3.63) is 29.3 Å². The number of hydrogen-bond acceptors (Lipinski definition) is 2. The van der Waals surface area contributed by atoms with Gasteiger partial charge in [0.1, 0.15) is 5.75 Å². The van der Waals surface area contributed by atoms with Crippen LogP contribution in [0, 0.1) is 5.92 Å². The van der Waals surface area contributed by atoms with Crippen molar-refractivity contribution < 1.29 is 5.11 Å². The number of hydrogen-bond donors (Lipinski definition) is 2. The molecule has 0 heterocycles. The zero-order valence-electron chi connectivity index (χ0n) is 9.46. The summed E-state index contributed by atoms with van der Waals surface area (Å²) in [4.78, 5) is 0. The molecule has 0 aromatic heterocycles. The van der Waals surface area contributed by atoms with E-state index in [1.165, 1.54) is 5.56 Å². The number of aromatic hydroxyl groups is 1. The smallest absolute Gasteiger partial charge is 0.119 e. The number of fused-ring (bicyclic) bond motifs is 1. The fourth-order valence-corrected chi connectivity index (χ4v) is 2.42. The van der Waals surface area contributed by atoms with Crippen LogP contribution in [0.4, 0.5) is 0 Å². The lowest BCUT2D eigenvalue weighted by molar-refractivity contribution is 0.286. The molecule has 15 heavy (non-hydrogen) atoms. The van der Waals surface area contributed by atoms with Crippen LogP contribution in [0.3, 0.4) is 0 Å². The highest BCUT2D eigenvalue weighted by Gasteiger charge is 2.29. The lowest BCUT2D eigenvalue weighted by Gasteiger charge is -2.34. The first-order valence-electron chi connectivity index (χ1n) is 5.57. The van der Waals surface area contributed by atoms with Crippen LogP contribution in [0.15, 0.2) is 18.2 Å². The summed E-state index contributed by atoms with van der Waals surface area (Å²) in [5.74, 6) is 0.965. The molecule has 1 aromatic rings. The Hall–Kier alpha value is -1.02. The van der Waals surface area contributed by atoms with Crippen LogP contribution in [0.25, 0.3) is 0 Å². The van der Waals surface area contributed by atoms with E-state index in [-0.39, 0.29) is 5.54 Å². The topological polar surface area (TPSA) is 46.2 Å². The maximum Gasteiger partial charge on any atom is 0.119 e. The summed E-state index contributed by atoms with van der Waals surface area (Å²) >= 11 is 0. The van der Waals surface area contributed by atoms with E-state index in [4.69, 9.17) is 5.73 Å². The third kappa shape index (κ3) is 2.00. The first kappa shape index (κ1) is 10.5. The van der Waals surface area contributed by atoms with E-state index < -0.39 is 0 Å². The van der Waals surface area contributed by atoms with Gasteiger partial charge in [-0.15, -0.1) is 0 Å². The molecular formula is C13H19NO. The summed E-state index contributed by atoms with van der Waals surface area (Å²) in [5, 5.41) is 9.71. The molecule has 0 bridgehead atoms. The highest BCUT2D eigenvalue weighted by atomic mass is 16.3. The van der Waals surface area contributed by atoms with Crippen molar-refractivity contribution in [2.75, 3.05) is 0 Å². The number of phenolic OH excluding ortho intramolecular Hbond substituents is 1. The van der Waals surface area contributed by atoms with E-state index in [2.05, 4.69) is 19.9 Å². The van der Waals surface area contributed by atoms with Gasteiger partial charge in [-0.3, -0.25) is 0 Å². The Labute approximate surface area is 91.1 Å². The molecule has 0 saturated heterocycles. The first-order valence-corrected chi connectivity index (χ1v) is 5.57. The van der Waals surface area contributed by atoms with E-state index in [1.54, 1.807) is 6.07 Å². The van der Waals surface area contributed by atoms with Gasteiger partial charge in [0.25, 0.3) is 0 Å². The molecule has 0 fully saturated rings. The average Bonchev–Trinajstić information content (AvgIpc) is 2.16. The Morgan fingerprint density at radius 2 is 2.13 bits per heavy atom. The zero-order chi connectivity index (χ0) is 11.1. The molecule has 3 N–H and O–H groups in total. The second-order valence-electron chi connectivity index (χ2n) is 5.18. The molecule has 1 atom stereocenters. The number of rotatable bonds is 1. The van der Waals surface area contributed by atoms with Gasteiger partial charge in [-0.05, 0) is 56.2 Å². The van der Waals surface area contributed by atoms with Crippen LogP contribution in [0.1, 0.15) is 31.4 Å². The maximum atomic E-state index is 9.71. The molecule has 0 saturated carbocycles. The third-order valence-corrected chi connectivity index (χ3v) is 3.51. The fourth-order valence-electron chi connectivity index (χ4n) is 2.42. The Balaban J connectivity index is 2.28. The van der Waals surface area contributed by atoms with Crippen LogP contribution >= 0.6 is 0 Å². The van der Waals surface area contributed by atoms with E-state index in [0.29, 0.717) is 11.7 Å². The number of phenols is 1. The molecular weight excluding hydrogens is 186 g/mol. The van der Waals surface area contributed by atoms with Gasteiger partial charge in [0.05, 0.1) is 0 Å². The first-order chi connectivity index (χ1) is 6.98. The molecule has 1 aromatic carbocycles. The zero-order valence-corrected chi connectivity index (χ0v) is 9.46. The van der Waals surface area contributed by atoms with Gasteiger partial charge in [-0.25, -0.2) is 0 Å². The van der Waals surface area contributed by atoms with Crippen molar-refractivity contribution >= 4 is 0 Å². The quantitative estimate of drug-likeness (QED) is 0.738. The Morgan fingerprint density at radius 3 is 2.80 bits per heavy atom. The molecule has 0 spiro atoms. The van der Waals surface area contributed by atoms with Crippen LogP contribution in [0.2, 0.25) is 0 Å². The van der Waals surface area contributed by atoms with Gasteiger partial charge in [-0.2, -0.15) is 0 Å². The molecule has 1 unspecified atom stereocenters. The van der Waals surface area contributed by atoms with Crippen molar-refractivity contribution in [3.63, 3.8) is 0 Å². The molecule has 0 aliphatic heterocycles. The summed E-state index contributed by atoms with van der Waals surface area (Å²) in [6, 6.07) is 5.79. The molecule has 0 radical (unpaired) electrons. The Morgan fingerprint density at radius 1 is 1.40 bits per heavy atom. The third-order valence-electron chi connectivity index (χ3n) is 3.51. The van der Waals surface area contributed by atoms with Crippen molar-refractivity contribution in [1.82, 2.24) is 0 Å². The number of benzene rings is 1. The van der Waals surface area contributed by atoms with Crippen LogP contribution in [-0.4, -0.2) is 10.6 Å². The molecule has 0 amide bonds. The average molecular weight is 205 g/mol. The van der Waals surface area contributed by atoms with Gasteiger partial charge in [0, 0.05) is 5.54 Å². The van der Waals surface area contributed by atoms with Gasteiger partial charge >= 0.3 is 0 Å². The normalized spacial score (nSPS) is 21.1. The largest absolute Gasteiger partial charge is 0.508 e. The minimum Gasteiger partial charge on any atom is -0.508 e. The predicted octanol–water partition coefficient (Wildman–Crippen LogP) is 2.23. The summed E-state index contributed by atoms with van der Waals surface area (Å²) < 4.78 is 0. The SMILES string of the molecule is CC(C)(N)C1CCc2c(O)cccc2C1. The Bertz CT molecular complexity index is 365. The van der Waals surface area contributed by atoms with Crippen molar-refractivity contribution in [2.24, 2.45) is 11.7 Å². The highest BCUT2D eigenvalue weighted by Crippen LogP contribution is 2.34. The second-order valence-corrected chi connectivity index (χ2v) is 5.18. The van der Waals surface area contributed by atoms with Crippen LogP contribution in [-0.2, 0) is 12.8 Å². The van der Waals surface area contributed by atoms with Crippen LogP contribution < -0.4 is 5.73 Å². The van der Waals surface area contributed by atoms with Crippen LogP contribution in [0.5, 0.6) is 5.75 Å². The number of nitrogens with two attached hydrogens (primary N) is 1. The molecule has 2 rings (SSSR count). The summed E-state index contributed by atoms with van der Waals surface area (Å²) in [7, 11) is 0. The molecule has 2 nitrogen and oxygen atoms in total. The van der Waals surface area contributed by atoms with Crippen molar-refractivity contribution in [1.29, 1.82) is 0 Å². The van der Waals surface area contributed by atoms with E-state index in [0.717, 1.165) is 24.8 Å². The van der Waals surface area contributed by atoms with Gasteiger partial charge in [0.2, 0.25) is 0 Å². The van der Waals surface area contributed by atoms with Gasteiger partial charge < -0.3 is 10.8 Å². The van der Waals surface area contributed by atoms with Crippen molar-refractivity contribution in [3.8, 4) is 5.75 Å². The molecule has 1 aliphatic carbocycles. The Kier molecular flexibility index (Phi) is 2.47. The summed E-state index contributed by atoms with van der Waals surface area (Å²) in [5.41, 5.74) is 8.41. The standard InChI is InChI=1S/C13H19NO/c1-13(2,14)10-6-7-11-9(8-10)4-3-5-12(11)15/h3-5,10,15H,6-8,14H2,1-2H3. The minimum atomic E-state index is -0.122. The highest BCUT2D eigenvalue weighted by molar-refractivity contribution is 5.41. The van der Waals surface area contributed by atoms with Gasteiger partial charge in [0.15, 0.2) is 0 Å². The van der Waals surface area contributed by atoms with E-state index in [1.807, 2.05) is 6.07 Å². The van der Waals surface area contributed by atoms with E-state index >= 15 is 0 Å². The molecule has 1 aliphatic rings.